The fraction of sp³-hybridized carbons (Fsp3) is 0.438. The molecular formula is C16H19BrN4O2. The van der Waals surface area contributed by atoms with Gasteiger partial charge in [0.1, 0.15) is 6.04 Å². The second-order valence-corrected chi connectivity index (χ2v) is 6.94. The van der Waals surface area contributed by atoms with Crippen molar-refractivity contribution in [2.24, 2.45) is 5.73 Å². The van der Waals surface area contributed by atoms with Crippen molar-refractivity contribution in [1.82, 2.24) is 15.5 Å². The van der Waals surface area contributed by atoms with Gasteiger partial charge in [-0.15, -0.1) is 0 Å². The number of nitrogens with two attached hydrogens (primary N) is 1. The van der Waals surface area contributed by atoms with E-state index in [9.17, 15) is 4.79 Å². The van der Waals surface area contributed by atoms with E-state index in [1.165, 1.54) is 0 Å². The van der Waals surface area contributed by atoms with Gasteiger partial charge < -0.3 is 15.6 Å². The molecule has 2 aromatic rings. The molecule has 1 saturated carbocycles. The molecule has 6 nitrogen and oxygen atoms in total. The summed E-state index contributed by atoms with van der Waals surface area (Å²) < 4.78 is 6.22. The highest BCUT2D eigenvalue weighted by atomic mass is 79.9. The molecule has 0 spiro atoms. The van der Waals surface area contributed by atoms with Crippen molar-refractivity contribution in [3.05, 3.63) is 46.0 Å². The summed E-state index contributed by atoms with van der Waals surface area (Å²) in [5.74, 6) is 0.727. The number of aromatic nitrogens is 2. The lowest BCUT2D eigenvalue weighted by molar-refractivity contribution is 0.0932. The minimum Gasteiger partial charge on any atom is -0.341 e. The van der Waals surface area contributed by atoms with Gasteiger partial charge in [-0.2, -0.15) is 4.98 Å². The van der Waals surface area contributed by atoms with Crippen LogP contribution < -0.4 is 11.1 Å². The Labute approximate surface area is 143 Å². The molecule has 3 N–H and O–H groups in total. The Morgan fingerprint density at radius 2 is 2.00 bits per heavy atom. The zero-order valence-corrected chi connectivity index (χ0v) is 14.5. The number of hydrogen-bond donors (Lipinski definition) is 2. The topological polar surface area (TPSA) is 94.0 Å². The van der Waals surface area contributed by atoms with Crippen LogP contribution in [0.25, 0.3) is 0 Å². The third-order valence-electron chi connectivity index (χ3n) is 4.21. The number of amides is 1. The van der Waals surface area contributed by atoms with Gasteiger partial charge >= 0.3 is 0 Å². The minimum absolute atomic E-state index is 0.187. The Morgan fingerprint density at radius 1 is 1.35 bits per heavy atom. The van der Waals surface area contributed by atoms with Gasteiger partial charge in [0.25, 0.3) is 5.91 Å². The maximum absolute atomic E-state index is 12.2. The maximum Gasteiger partial charge on any atom is 0.251 e. The minimum atomic E-state index is -0.489. The van der Waals surface area contributed by atoms with Crippen molar-refractivity contribution in [2.45, 2.75) is 44.2 Å². The van der Waals surface area contributed by atoms with Crippen LogP contribution in [0.1, 0.15) is 60.7 Å². The van der Waals surface area contributed by atoms with E-state index in [-0.39, 0.29) is 11.9 Å². The van der Waals surface area contributed by atoms with Crippen LogP contribution in [0.15, 0.2) is 33.3 Å². The quantitative estimate of drug-likeness (QED) is 0.852. The lowest BCUT2D eigenvalue weighted by atomic mass is 9.99. The molecule has 1 aromatic carbocycles. The molecule has 122 valence electrons. The van der Waals surface area contributed by atoms with Crippen molar-refractivity contribution in [3.63, 3.8) is 0 Å². The summed E-state index contributed by atoms with van der Waals surface area (Å²) in [6.07, 6.45) is 3.89. The molecule has 23 heavy (non-hydrogen) atoms. The first-order valence-corrected chi connectivity index (χ1v) is 8.47. The Kier molecular flexibility index (Phi) is 4.50. The van der Waals surface area contributed by atoms with Crippen LogP contribution in [0, 0.1) is 0 Å². The van der Waals surface area contributed by atoms with Gasteiger partial charge in [-0.05, 0) is 44.0 Å². The molecule has 1 aliphatic carbocycles. The first-order chi connectivity index (χ1) is 11.0. The number of hydrogen-bond acceptors (Lipinski definition) is 5. The molecule has 0 aliphatic heterocycles. The molecule has 3 rings (SSSR count). The summed E-state index contributed by atoms with van der Waals surface area (Å²) in [5, 5.41) is 6.87. The first kappa shape index (κ1) is 16.1. The molecule has 0 bridgehead atoms. The predicted molar refractivity (Wildman–Crippen MR) is 88.7 cm³/mol. The average Bonchev–Trinajstić information content (AvgIpc) is 3.17. The molecule has 1 atom stereocenters. The van der Waals surface area contributed by atoms with E-state index in [1.807, 2.05) is 19.1 Å². The third-order valence-corrected chi connectivity index (χ3v) is 4.74. The molecule has 1 aliphatic rings. The van der Waals surface area contributed by atoms with Crippen molar-refractivity contribution >= 4 is 21.8 Å². The number of halogens is 1. The van der Waals surface area contributed by atoms with Crippen molar-refractivity contribution in [3.8, 4) is 0 Å². The Bertz CT molecular complexity index is 692. The van der Waals surface area contributed by atoms with Crippen LogP contribution in [0.2, 0.25) is 0 Å². The normalized spacial score (nSPS) is 17.9. The van der Waals surface area contributed by atoms with Gasteiger partial charge in [-0.1, -0.05) is 33.9 Å². The summed E-state index contributed by atoms with van der Waals surface area (Å²) in [7, 11) is 0. The molecule has 7 heteroatoms. The van der Waals surface area contributed by atoms with E-state index in [0.29, 0.717) is 17.3 Å². The summed E-state index contributed by atoms with van der Waals surface area (Å²) in [6.45, 7) is 1.81. The van der Waals surface area contributed by atoms with Crippen LogP contribution in [-0.2, 0) is 5.54 Å². The van der Waals surface area contributed by atoms with Crippen LogP contribution in [0.3, 0.4) is 0 Å². The molecule has 1 heterocycles. The first-order valence-electron chi connectivity index (χ1n) is 7.67. The molecule has 0 saturated heterocycles. The number of carbonyl (C=O) groups is 1. The van der Waals surface area contributed by atoms with Crippen LogP contribution in [-0.4, -0.2) is 16.0 Å². The summed E-state index contributed by atoms with van der Waals surface area (Å²) in [4.78, 5) is 16.6. The smallest absolute Gasteiger partial charge is 0.251 e. The number of nitrogens with one attached hydrogen (secondary N) is 1. The molecule has 1 amide bonds. The van der Waals surface area contributed by atoms with E-state index in [2.05, 4.69) is 31.4 Å². The number of rotatable bonds is 4. The third kappa shape index (κ3) is 3.45. The Morgan fingerprint density at radius 3 is 2.65 bits per heavy atom. The van der Waals surface area contributed by atoms with Crippen LogP contribution in [0.5, 0.6) is 0 Å². The molecule has 0 radical (unpaired) electrons. The van der Waals surface area contributed by atoms with E-state index < -0.39 is 5.54 Å². The fourth-order valence-electron chi connectivity index (χ4n) is 2.79. The van der Waals surface area contributed by atoms with Gasteiger partial charge in [0.15, 0.2) is 5.82 Å². The highest BCUT2D eigenvalue weighted by Crippen LogP contribution is 2.34. The Balaban J connectivity index is 1.68. The summed E-state index contributed by atoms with van der Waals surface area (Å²) >= 11 is 3.35. The summed E-state index contributed by atoms with van der Waals surface area (Å²) in [5.41, 5.74) is 6.41. The van der Waals surface area contributed by atoms with E-state index in [4.69, 9.17) is 10.3 Å². The van der Waals surface area contributed by atoms with Crippen molar-refractivity contribution in [1.29, 1.82) is 0 Å². The average molecular weight is 379 g/mol. The van der Waals surface area contributed by atoms with Crippen molar-refractivity contribution in [2.75, 3.05) is 0 Å². The monoisotopic (exact) mass is 378 g/mol. The highest BCUT2D eigenvalue weighted by molar-refractivity contribution is 9.10. The second kappa shape index (κ2) is 6.41. The lowest BCUT2D eigenvalue weighted by Crippen LogP contribution is -2.34. The van der Waals surface area contributed by atoms with Gasteiger partial charge in [-0.3, -0.25) is 4.79 Å². The van der Waals surface area contributed by atoms with Gasteiger partial charge in [0.05, 0.1) is 5.54 Å². The van der Waals surface area contributed by atoms with Crippen LogP contribution >= 0.6 is 15.9 Å². The largest absolute Gasteiger partial charge is 0.341 e. The van der Waals surface area contributed by atoms with Gasteiger partial charge in [0.2, 0.25) is 5.89 Å². The Hall–Kier alpha value is -1.73. The maximum atomic E-state index is 12.2. The number of benzene rings is 1. The zero-order valence-electron chi connectivity index (χ0n) is 12.9. The fourth-order valence-corrected chi connectivity index (χ4v) is 3.05. The molecule has 1 unspecified atom stereocenters. The summed E-state index contributed by atoms with van der Waals surface area (Å²) in [6, 6.07) is 6.76. The molecule has 1 fully saturated rings. The number of nitrogens with zero attached hydrogens (tertiary/aromatic N) is 2. The van der Waals surface area contributed by atoms with E-state index >= 15 is 0 Å². The van der Waals surface area contributed by atoms with Crippen LogP contribution in [0.4, 0.5) is 0 Å². The second-order valence-electron chi connectivity index (χ2n) is 6.02. The van der Waals surface area contributed by atoms with Gasteiger partial charge in [-0.25, -0.2) is 0 Å². The highest BCUT2D eigenvalue weighted by Gasteiger charge is 2.36. The standard InChI is InChI=1S/C16H19BrN4O2/c1-10(19-13(22)11-4-6-12(17)7-5-11)14-20-15(21-23-14)16(18)8-2-3-9-16/h4-7,10H,2-3,8-9,18H2,1H3,(H,19,22). The lowest BCUT2D eigenvalue weighted by Gasteiger charge is -2.17. The van der Waals surface area contributed by atoms with E-state index in [0.717, 1.165) is 30.2 Å². The van der Waals surface area contributed by atoms with Crippen molar-refractivity contribution < 1.29 is 9.32 Å². The predicted octanol–water partition coefficient (Wildman–Crippen LogP) is 3.05. The SMILES string of the molecule is CC(NC(=O)c1ccc(Br)cc1)c1nc(C2(N)CCCC2)no1. The van der Waals surface area contributed by atoms with Gasteiger partial charge in [0, 0.05) is 10.0 Å². The number of carbonyl (C=O) groups excluding carboxylic acids is 1. The zero-order chi connectivity index (χ0) is 16.4. The molecule has 1 aromatic heterocycles. The van der Waals surface area contributed by atoms with E-state index in [1.54, 1.807) is 12.1 Å². The molecular weight excluding hydrogens is 360 g/mol.